The minimum Gasteiger partial charge on any atom is -0.480 e. The predicted octanol–water partition coefficient (Wildman–Crippen LogP) is -0.281. The number of thiazole rings is 1. The lowest BCUT2D eigenvalue weighted by atomic mass is 9.97. The largest absolute Gasteiger partial charge is 0.480 e. The lowest BCUT2D eigenvalue weighted by Crippen LogP contribution is -2.50. The van der Waals surface area contributed by atoms with Gasteiger partial charge in [0.15, 0.2) is 5.84 Å². The van der Waals surface area contributed by atoms with Crippen molar-refractivity contribution < 1.29 is 41.6 Å². The number of hydrogen-bond acceptors (Lipinski definition) is 12. The first-order valence-electron chi connectivity index (χ1n) is 10.7. The third kappa shape index (κ3) is 5.32. The third-order valence-electron chi connectivity index (χ3n) is 5.63. The summed E-state index contributed by atoms with van der Waals surface area (Å²) in [6.07, 6.45) is 0.198. The highest BCUT2D eigenvalue weighted by Gasteiger charge is 2.53. The van der Waals surface area contributed by atoms with Crippen molar-refractivity contribution in [3.63, 3.8) is 0 Å². The highest BCUT2D eigenvalue weighted by molar-refractivity contribution is 7.80. The number of nitrogens with two attached hydrogens (primary N) is 1. The SMILES string of the molecule is Cn1ncc2c1[C@@H](/C(=N/OC(=O)NC(C)(C)C(=O)O)NCc1nc(N)cs1)N1C[C@@H]2N(OS(=O)(=O)O)C1=O. The van der Waals surface area contributed by atoms with Gasteiger partial charge in [0.25, 0.3) is 0 Å². The molecular formula is C18H23N9O9S2. The number of amidine groups is 1. The van der Waals surface area contributed by atoms with Crippen LogP contribution in [0.4, 0.5) is 15.4 Å². The Morgan fingerprint density at radius 2 is 2.11 bits per heavy atom. The number of anilines is 1. The molecule has 0 saturated carbocycles. The summed E-state index contributed by atoms with van der Waals surface area (Å²) in [5.74, 6) is -1.15. The Kier molecular flexibility index (Phi) is 6.90. The Balaban J connectivity index is 1.71. The summed E-state index contributed by atoms with van der Waals surface area (Å²) in [6.45, 7) is 2.41. The smallest absolute Gasteiger partial charge is 0.434 e. The molecule has 2 aliphatic heterocycles. The molecule has 3 amide bonds. The number of aryl methyl sites for hydroxylation is 1. The van der Waals surface area contributed by atoms with E-state index in [1.165, 1.54) is 41.0 Å². The second-order valence-corrected chi connectivity index (χ2v) is 10.7. The summed E-state index contributed by atoms with van der Waals surface area (Å²) in [4.78, 5) is 47.1. The summed E-state index contributed by atoms with van der Waals surface area (Å²) in [5.41, 5.74) is 4.75. The number of carbonyl (C=O) groups excluding carboxylic acids is 2. The number of rotatable bonds is 8. The number of carbonyl (C=O) groups is 3. The number of amides is 3. The van der Waals surface area contributed by atoms with Crippen LogP contribution in [0.3, 0.4) is 0 Å². The van der Waals surface area contributed by atoms with Gasteiger partial charge >= 0.3 is 28.5 Å². The number of carboxylic acids is 1. The van der Waals surface area contributed by atoms with Gasteiger partial charge in [0.05, 0.1) is 25.0 Å². The van der Waals surface area contributed by atoms with Gasteiger partial charge in [0.1, 0.15) is 28.4 Å². The molecule has 2 aliphatic rings. The molecule has 0 spiro atoms. The molecule has 38 heavy (non-hydrogen) atoms. The maximum atomic E-state index is 13.2. The van der Waals surface area contributed by atoms with Crippen molar-refractivity contribution in [2.45, 2.75) is 38.0 Å². The third-order valence-corrected chi connectivity index (χ3v) is 6.85. The summed E-state index contributed by atoms with van der Waals surface area (Å²) in [7, 11) is -3.47. The monoisotopic (exact) mass is 573 g/mol. The van der Waals surface area contributed by atoms with E-state index in [4.69, 9.17) is 10.6 Å². The lowest BCUT2D eigenvalue weighted by molar-refractivity contribution is -0.143. The molecule has 4 rings (SSSR count). The zero-order chi connectivity index (χ0) is 28.0. The number of hydroxylamine groups is 2. The molecule has 2 atom stereocenters. The lowest BCUT2D eigenvalue weighted by Gasteiger charge is -2.31. The van der Waals surface area contributed by atoms with E-state index in [1.54, 1.807) is 12.4 Å². The van der Waals surface area contributed by atoms with E-state index in [1.807, 2.05) is 0 Å². The number of fused-ring (bicyclic) bond motifs is 4. The summed E-state index contributed by atoms with van der Waals surface area (Å²) >= 11 is 1.23. The van der Waals surface area contributed by atoms with Crippen molar-refractivity contribution in [1.82, 2.24) is 35.4 Å². The molecule has 2 bridgehead atoms. The molecular weight excluding hydrogens is 550 g/mol. The number of aromatic nitrogens is 3. The molecule has 18 nitrogen and oxygen atoms in total. The maximum Gasteiger partial charge on any atom is 0.434 e. The number of nitrogens with zero attached hydrogens (tertiary/aromatic N) is 6. The number of aliphatic carboxylic acids is 1. The van der Waals surface area contributed by atoms with Gasteiger partial charge in [0.2, 0.25) is 0 Å². The second kappa shape index (κ2) is 9.70. The van der Waals surface area contributed by atoms with Crippen LogP contribution in [-0.4, -0.2) is 78.8 Å². The normalized spacial score (nSPS) is 19.4. The highest BCUT2D eigenvalue weighted by atomic mass is 32.3. The van der Waals surface area contributed by atoms with Crippen molar-refractivity contribution in [2.24, 2.45) is 12.2 Å². The van der Waals surface area contributed by atoms with Crippen LogP contribution < -0.4 is 16.4 Å². The molecule has 0 aliphatic carbocycles. The standard InChI is InChI=1S/C18H23N9O9S2/c1-18(2,15(28)29)23-16(30)35-24-14(20-5-11-22-10(19)7-37-11)13-12-8(4-21-25(12)3)9-6-26(13)17(31)27(9)36-38(32,33)34/h4,7,9,13H,5-6,19H2,1-3H3,(H,20,24)(H,23,30)(H,28,29)(H,32,33,34)/t9-,13-/m0/s1. The Labute approximate surface area is 218 Å². The first-order chi connectivity index (χ1) is 17.7. The molecule has 6 N–H and O–H groups in total. The Morgan fingerprint density at radius 1 is 1.39 bits per heavy atom. The number of carboxylic acid groups (broad SMARTS) is 1. The van der Waals surface area contributed by atoms with Crippen molar-refractivity contribution in [2.75, 3.05) is 12.3 Å². The molecule has 0 aromatic carbocycles. The maximum absolute atomic E-state index is 13.2. The molecule has 0 unspecified atom stereocenters. The highest BCUT2D eigenvalue weighted by Crippen LogP contribution is 2.44. The summed E-state index contributed by atoms with van der Waals surface area (Å²) in [6, 6.07) is -2.97. The fourth-order valence-electron chi connectivity index (χ4n) is 3.88. The topological polar surface area (TPSA) is 244 Å². The van der Waals surface area contributed by atoms with Crippen LogP contribution in [0.2, 0.25) is 0 Å². The van der Waals surface area contributed by atoms with Gasteiger partial charge in [-0.25, -0.2) is 19.4 Å². The van der Waals surface area contributed by atoms with Gasteiger partial charge in [-0.1, -0.05) is 5.16 Å². The van der Waals surface area contributed by atoms with Gasteiger partial charge in [-0.05, 0) is 13.8 Å². The van der Waals surface area contributed by atoms with E-state index in [0.29, 0.717) is 21.3 Å². The molecule has 1 fully saturated rings. The van der Waals surface area contributed by atoms with Gasteiger partial charge in [-0.3, -0.25) is 14.1 Å². The van der Waals surface area contributed by atoms with Crippen molar-refractivity contribution in [3.05, 3.63) is 27.8 Å². The molecule has 2 aromatic rings. The van der Waals surface area contributed by atoms with E-state index in [2.05, 4.69) is 30.2 Å². The van der Waals surface area contributed by atoms with Gasteiger partial charge < -0.3 is 26.4 Å². The molecule has 206 valence electrons. The Hall–Kier alpha value is -4.01. The van der Waals surface area contributed by atoms with Crippen LogP contribution in [0.1, 0.15) is 42.2 Å². The van der Waals surface area contributed by atoms with Crippen LogP contribution in [0, 0.1) is 0 Å². The Morgan fingerprint density at radius 3 is 2.71 bits per heavy atom. The van der Waals surface area contributed by atoms with Crippen LogP contribution in [0.25, 0.3) is 0 Å². The molecule has 0 radical (unpaired) electrons. The predicted molar refractivity (Wildman–Crippen MR) is 127 cm³/mol. The zero-order valence-electron chi connectivity index (χ0n) is 20.1. The van der Waals surface area contributed by atoms with Crippen LogP contribution in [0.5, 0.6) is 0 Å². The number of nitrogen functional groups attached to an aromatic ring is 1. The van der Waals surface area contributed by atoms with Crippen molar-refractivity contribution in [1.29, 1.82) is 0 Å². The van der Waals surface area contributed by atoms with E-state index in [0.717, 1.165) is 0 Å². The van der Waals surface area contributed by atoms with Crippen LogP contribution in [0.15, 0.2) is 16.7 Å². The van der Waals surface area contributed by atoms with Crippen LogP contribution >= 0.6 is 11.3 Å². The first kappa shape index (κ1) is 27.0. The summed E-state index contributed by atoms with van der Waals surface area (Å²) < 4.78 is 37.9. The number of nitrogens with one attached hydrogen (secondary N) is 2. The van der Waals surface area contributed by atoms with Gasteiger partial charge in [-0.2, -0.15) is 18.6 Å². The number of urea groups is 1. The molecule has 1 saturated heterocycles. The first-order valence-corrected chi connectivity index (χ1v) is 12.9. The summed E-state index contributed by atoms with van der Waals surface area (Å²) in [5, 5.41) is 25.0. The van der Waals surface area contributed by atoms with E-state index in [9.17, 15) is 32.5 Å². The molecule has 4 heterocycles. The molecule has 2 aromatic heterocycles. The van der Waals surface area contributed by atoms with E-state index >= 15 is 0 Å². The van der Waals surface area contributed by atoms with Crippen LogP contribution in [-0.2, 0) is 37.9 Å². The molecule has 20 heteroatoms. The zero-order valence-corrected chi connectivity index (χ0v) is 21.7. The van der Waals surface area contributed by atoms with Gasteiger partial charge in [0, 0.05) is 18.0 Å². The minimum atomic E-state index is -5.04. The van der Waals surface area contributed by atoms with E-state index in [-0.39, 0.29) is 24.7 Å². The average molecular weight is 574 g/mol. The quantitative estimate of drug-likeness (QED) is 0.0897. The van der Waals surface area contributed by atoms with E-state index < -0.39 is 46.1 Å². The average Bonchev–Trinajstić information content (AvgIpc) is 3.47. The fourth-order valence-corrected chi connectivity index (χ4v) is 4.87. The minimum absolute atomic E-state index is 0.0344. The fraction of sp³-hybridized carbons (Fsp3) is 0.444. The van der Waals surface area contributed by atoms with Crippen molar-refractivity contribution >= 4 is 51.5 Å². The van der Waals surface area contributed by atoms with Crippen molar-refractivity contribution in [3.8, 4) is 0 Å². The second-order valence-electron chi connectivity index (χ2n) is 8.72. The number of oxime groups is 1. The Bertz CT molecular complexity index is 1420. The number of hydrogen-bond donors (Lipinski definition) is 5. The van der Waals surface area contributed by atoms with Gasteiger partial charge in [-0.15, -0.1) is 15.6 Å².